The molecular weight excluding hydrogens is 448 g/mol. The van der Waals surface area contributed by atoms with Gasteiger partial charge in [0.2, 0.25) is 0 Å². The SMILES string of the molecule is C=C1[C@@H](OC(C)=O)CC[C@@]2(C)C[C@H](OC(C)=O)C3=C(C)C[C@H](OC(=O)[C@@H](C)[C@@H](C)O)[C@@H]([C@H]12)C3(C)C. The van der Waals surface area contributed by atoms with Crippen molar-refractivity contribution in [2.45, 2.75) is 105 Å². The lowest BCUT2D eigenvalue weighted by Gasteiger charge is -2.54. The molecule has 0 spiro atoms. The van der Waals surface area contributed by atoms with Gasteiger partial charge in [0.05, 0.1) is 12.0 Å². The second-order valence-electron chi connectivity index (χ2n) is 11.8. The summed E-state index contributed by atoms with van der Waals surface area (Å²) in [5.41, 5.74) is 2.19. The summed E-state index contributed by atoms with van der Waals surface area (Å²) in [6.45, 7) is 19.0. The van der Waals surface area contributed by atoms with E-state index >= 15 is 0 Å². The zero-order chi connectivity index (χ0) is 26.5. The summed E-state index contributed by atoms with van der Waals surface area (Å²) in [6, 6.07) is 0. The maximum atomic E-state index is 13.0. The third-order valence-corrected chi connectivity index (χ3v) is 8.75. The highest BCUT2D eigenvalue weighted by atomic mass is 16.6. The molecule has 3 aliphatic carbocycles. The van der Waals surface area contributed by atoms with Crippen LogP contribution in [-0.2, 0) is 28.6 Å². The van der Waals surface area contributed by atoms with Gasteiger partial charge in [-0.15, -0.1) is 0 Å². The molecule has 0 aromatic carbocycles. The van der Waals surface area contributed by atoms with E-state index in [9.17, 15) is 19.5 Å². The molecule has 196 valence electrons. The molecule has 0 saturated heterocycles. The van der Waals surface area contributed by atoms with Crippen LogP contribution in [0.15, 0.2) is 23.3 Å². The molecule has 0 aromatic heterocycles. The van der Waals surface area contributed by atoms with Crippen LogP contribution < -0.4 is 0 Å². The Bertz CT molecular complexity index is 930. The lowest BCUT2D eigenvalue weighted by Crippen LogP contribution is -2.52. The summed E-state index contributed by atoms with van der Waals surface area (Å²) in [7, 11) is 0. The number of hydrogen-bond acceptors (Lipinski definition) is 7. The molecule has 0 aliphatic heterocycles. The maximum absolute atomic E-state index is 13.0. The molecule has 0 aromatic rings. The Morgan fingerprint density at radius 2 is 1.60 bits per heavy atom. The minimum Gasteiger partial charge on any atom is -0.461 e. The van der Waals surface area contributed by atoms with Gasteiger partial charge in [0.25, 0.3) is 0 Å². The van der Waals surface area contributed by atoms with Crippen molar-refractivity contribution < 1.29 is 33.7 Å². The number of ether oxygens (including phenoxy) is 3. The van der Waals surface area contributed by atoms with Crippen LogP contribution in [0.1, 0.15) is 81.1 Å². The Morgan fingerprint density at radius 1 is 1.03 bits per heavy atom. The Hall–Kier alpha value is -2.15. The number of hydrogen-bond donors (Lipinski definition) is 1. The van der Waals surface area contributed by atoms with E-state index in [4.69, 9.17) is 14.2 Å². The molecule has 3 aliphatic rings. The van der Waals surface area contributed by atoms with Gasteiger partial charge in [0, 0.05) is 26.2 Å². The van der Waals surface area contributed by atoms with Gasteiger partial charge >= 0.3 is 17.9 Å². The molecule has 7 nitrogen and oxygen atoms in total. The third-order valence-electron chi connectivity index (χ3n) is 8.75. The topological polar surface area (TPSA) is 99.1 Å². The standard InChI is InChI=1S/C28H42O7/c1-14-12-21(35-26(32)15(2)17(4)29)25-24-16(3)20(33-18(5)30)10-11-28(24,9)13-22(34-19(6)31)23(14)27(25,7)8/h15,17,20-22,24-25,29H,3,10-13H2,1-2,4-9H3/t15-,17+,20-,21-,22-,24-,25-,28-/m0/s1. The van der Waals surface area contributed by atoms with Crippen LogP contribution >= 0.6 is 0 Å². The fourth-order valence-corrected chi connectivity index (χ4v) is 7.13. The average Bonchev–Trinajstić information content (AvgIpc) is 2.74. The van der Waals surface area contributed by atoms with Gasteiger partial charge in [-0.05, 0) is 67.9 Å². The molecule has 1 N–H and O–H groups in total. The van der Waals surface area contributed by atoms with Crippen LogP contribution in [0.5, 0.6) is 0 Å². The first kappa shape index (κ1) is 27.4. The molecule has 0 unspecified atom stereocenters. The third kappa shape index (κ3) is 5.07. The number of aliphatic hydroxyl groups is 1. The highest BCUT2D eigenvalue weighted by Gasteiger charge is 2.61. The summed E-state index contributed by atoms with van der Waals surface area (Å²) in [5.74, 6) is -2.05. The monoisotopic (exact) mass is 490 g/mol. The van der Waals surface area contributed by atoms with Crippen LogP contribution in [0.4, 0.5) is 0 Å². The van der Waals surface area contributed by atoms with Gasteiger partial charge in [0.1, 0.15) is 18.3 Å². The van der Waals surface area contributed by atoms with E-state index < -0.39 is 35.6 Å². The van der Waals surface area contributed by atoms with Crippen LogP contribution in [0.25, 0.3) is 0 Å². The summed E-state index contributed by atoms with van der Waals surface area (Å²) in [5, 5.41) is 9.98. The molecule has 3 rings (SSSR count). The first-order valence-corrected chi connectivity index (χ1v) is 12.7. The Kier molecular flexibility index (Phi) is 7.62. The molecule has 2 bridgehead atoms. The molecule has 7 heteroatoms. The predicted molar refractivity (Wildman–Crippen MR) is 131 cm³/mol. The van der Waals surface area contributed by atoms with Crippen molar-refractivity contribution in [1.29, 1.82) is 0 Å². The Balaban J connectivity index is 2.16. The Morgan fingerprint density at radius 3 is 2.14 bits per heavy atom. The van der Waals surface area contributed by atoms with E-state index in [1.54, 1.807) is 13.8 Å². The minimum atomic E-state index is -0.822. The normalized spacial score (nSPS) is 35.8. The van der Waals surface area contributed by atoms with Crippen molar-refractivity contribution >= 4 is 17.9 Å². The highest BCUT2D eigenvalue weighted by molar-refractivity contribution is 5.73. The quantitative estimate of drug-likeness (QED) is 0.344. The molecule has 35 heavy (non-hydrogen) atoms. The zero-order valence-electron chi connectivity index (χ0n) is 22.5. The number of aliphatic hydroxyl groups excluding tert-OH is 1. The van der Waals surface area contributed by atoms with Crippen LogP contribution in [0, 0.1) is 28.6 Å². The van der Waals surface area contributed by atoms with Crippen molar-refractivity contribution in [3.63, 3.8) is 0 Å². The van der Waals surface area contributed by atoms with Crippen molar-refractivity contribution in [3.05, 3.63) is 23.3 Å². The number of fused-ring (bicyclic) bond motifs is 4. The second kappa shape index (κ2) is 9.72. The minimum absolute atomic E-state index is 0.126. The molecule has 2 fully saturated rings. The largest absolute Gasteiger partial charge is 0.461 e. The van der Waals surface area contributed by atoms with Crippen LogP contribution in [0.3, 0.4) is 0 Å². The molecule has 8 atom stereocenters. The van der Waals surface area contributed by atoms with E-state index in [1.807, 2.05) is 6.92 Å². The summed E-state index contributed by atoms with van der Waals surface area (Å²) in [6.07, 6.45) is 0.481. The highest BCUT2D eigenvalue weighted by Crippen LogP contribution is 2.63. The maximum Gasteiger partial charge on any atom is 0.311 e. The van der Waals surface area contributed by atoms with E-state index in [-0.39, 0.29) is 35.3 Å². The lowest BCUT2D eigenvalue weighted by atomic mass is 9.53. The average molecular weight is 491 g/mol. The van der Waals surface area contributed by atoms with Gasteiger partial charge in [-0.1, -0.05) is 32.9 Å². The molecule has 2 saturated carbocycles. The first-order chi connectivity index (χ1) is 16.1. The molecular formula is C28H42O7. The number of esters is 3. The smallest absolute Gasteiger partial charge is 0.311 e. The van der Waals surface area contributed by atoms with Gasteiger partial charge in [-0.25, -0.2) is 0 Å². The first-order valence-electron chi connectivity index (χ1n) is 12.7. The second-order valence-corrected chi connectivity index (χ2v) is 11.8. The summed E-state index contributed by atoms with van der Waals surface area (Å²) >= 11 is 0. The predicted octanol–water partition coefficient (Wildman–Crippen LogP) is 4.52. The number of carbonyl (C=O) groups excluding carboxylic acids is 3. The van der Waals surface area contributed by atoms with Gasteiger partial charge < -0.3 is 19.3 Å². The van der Waals surface area contributed by atoms with Crippen molar-refractivity contribution in [1.82, 2.24) is 0 Å². The van der Waals surface area contributed by atoms with Crippen LogP contribution in [0.2, 0.25) is 0 Å². The molecule has 0 radical (unpaired) electrons. The summed E-state index contributed by atoms with van der Waals surface area (Å²) in [4.78, 5) is 37.0. The lowest BCUT2D eigenvalue weighted by molar-refractivity contribution is -0.166. The fraction of sp³-hybridized carbons (Fsp3) is 0.750. The van der Waals surface area contributed by atoms with E-state index in [1.165, 1.54) is 13.8 Å². The van der Waals surface area contributed by atoms with Crippen molar-refractivity contribution in [2.24, 2.45) is 28.6 Å². The summed E-state index contributed by atoms with van der Waals surface area (Å²) < 4.78 is 17.8. The van der Waals surface area contributed by atoms with Crippen molar-refractivity contribution in [2.75, 3.05) is 0 Å². The van der Waals surface area contributed by atoms with E-state index in [0.29, 0.717) is 19.3 Å². The van der Waals surface area contributed by atoms with Crippen molar-refractivity contribution in [3.8, 4) is 0 Å². The van der Waals surface area contributed by atoms with E-state index in [2.05, 4.69) is 27.4 Å². The molecule has 0 amide bonds. The van der Waals surface area contributed by atoms with Gasteiger partial charge in [-0.2, -0.15) is 0 Å². The number of carbonyl (C=O) groups is 3. The van der Waals surface area contributed by atoms with Gasteiger partial charge in [-0.3, -0.25) is 14.4 Å². The van der Waals surface area contributed by atoms with Crippen LogP contribution in [-0.4, -0.2) is 47.4 Å². The fourth-order valence-electron chi connectivity index (χ4n) is 7.13. The van der Waals surface area contributed by atoms with E-state index in [0.717, 1.165) is 23.1 Å². The zero-order valence-corrected chi connectivity index (χ0v) is 22.5. The Labute approximate surface area is 209 Å². The molecule has 0 heterocycles. The van der Waals surface area contributed by atoms with Gasteiger partial charge in [0.15, 0.2) is 0 Å². The number of rotatable bonds is 5.